The number of hydrogen-bond donors (Lipinski definition) is 1. The number of halogens is 4. The Balaban J connectivity index is 1.61. The van der Waals surface area contributed by atoms with Crippen molar-refractivity contribution in [3.8, 4) is 17.3 Å². The lowest BCUT2D eigenvalue weighted by Gasteiger charge is -2.32. The Morgan fingerprint density at radius 3 is 2.51 bits per heavy atom. The van der Waals surface area contributed by atoms with E-state index >= 15 is 0 Å². The standard InChI is InChI=1S/C27H23BrClF2N3O3/c28-19-10-17(27(35)36)13-32-26(19)37-14-24(15-4-2-1-3-5-15)34-23-12-21(31)20(30)11-22(23)33-25(34)16-6-8-18(29)9-7-16/h6-13,15,24H,1-5,14H2,(H,35,36). The molecule has 5 rings (SSSR count). The van der Waals surface area contributed by atoms with Crippen molar-refractivity contribution >= 4 is 44.5 Å². The number of hydrogen-bond acceptors (Lipinski definition) is 4. The fourth-order valence-electron chi connectivity index (χ4n) is 4.98. The number of nitrogens with zero attached hydrogens (tertiary/aromatic N) is 3. The summed E-state index contributed by atoms with van der Waals surface area (Å²) in [5.74, 6) is -2.00. The zero-order valence-electron chi connectivity index (χ0n) is 19.6. The highest BCUT2D eigenvalue weighted by atomic mass is 79.9. The molecule has 2 heterocycles. The smallest absolute Gasteiger partial charge is 0.337 e. The molecule has 2 aromatic carbocycles. The van der Waals surface area contributed by atoms with E-state index in [0.29, 0.717) is 26.4 Å². The molecule has 0 aliphatic heterocycles. The van der Waals surface area contributed by atoms with E-state index in [-0.39, 0.29) is 30.0 Å². The van der Waals surface area contributed by atoms with Crippen LogP contribution in [0, 0.1) is 17.6 Å². The van der Waals surface area contributed by atoms with Gasteiger partial charge in [0.15, 0.2) is 11.6 Å². The largest absolute Gasteiger partial charge is 0.478 e. The van der Waals surface area contributed by atoms with Gasteiger partial charge in [-0.25, -0.2) is 23.5 Å². The van der Waals surface area contributed by atoms with Crippen molar-refractivity contribution < 1.29 is 23.4 Å². The third-order valence-corrected chi connectivity index (χ3v) is 7.62. The number of carbonyl (C=O) groups is 1. The Kier molecular flexibility index (Phi) is 7.44. The molecule has 1 unspecified atom stereocenters. The van der Waals surface area contributed by atoms with Crippen molar-refractivity contribution in [2.24, 2.45) is 5.92 Å². The first-order valence-electron chi connectivity index (χ1n) is 12.0. The first kappa shape index (κ1) is 25.6. The monoisotopic (exact) mass is 589 g/mol. The predicted octanol–water partition coefficient (Wildman–Crippen LogP) is 7.69. The van der Waals surface area contributed by atoms with E-state index in [0.717, 1.165) is 43.7 Å². The molecule has 0 bridgehead atoms. The minimum atomic E-state index is -1.09. The minimum absolute atomic E-state index is 0.0335. The molecule has 192 valence electrons. The van der Waals surface area contributed by atoms with Crippen molar-refractivity contribution in [2.75, 3.05) is 6.61 Å². The highest BCUT2D eigenvalue weighted by Crippen LogP contribution is 2.39. The van der Waals surface area contributed by atoms with Crippen molar-refractivity contribution in [3.05, 3.63) is 75.4 Å². The van der Waals surface area contributed by atoms with Gasteiger partial charge in [0.1, 0.15) is 12.4 Å². The fraction of sp³-hybridized carbons (Fsp3) is 0.296. The highest BCUT2D eigenvalue weighted by molar-refractivity contribution is 9.10. The first-order chi connectivity index (χ1) is 17.8. The van der Waals surface area contributed by atoms with Crippen molar-refractivity contribution in [1.82, 2.24) is 14.5 Å². The third kappa shape index (κ3) is 5.33. The summed E-state index contributed by atoms with van der Waals surface area (Å²) < 4.78 is 37.1. The zero-order chi connectivity index (χ0) is 26.1. The average Bonchev–Trinajstić information content (AvgIpc) is 3.24. The van der Waals surface area contributed by atoms with Crippen LogP contribution in [0.5, 0.6) is 5.88 Å². The second kappa shape index (κ2) is 10.8. The molecule has 1 atom stereocenters. The average molecular weight is 591 g/mol. The minimum Gasteiger partial charge on any atom is -0.478 e. The quantitative estimate of drug-likeness (QED) is 0.239. The maximum atomic E-state index is 14.5. The molecule has 1 N–H and O–H groups in total. The molecule has 1 saturated carbocycles. The summed E-state index contributed by atoms with van der Waals surface area (Å²) in [6.07, 6.45) is 6.39. The molecule has 0 radical (unpaired) electrons. The van der Waals surface area contributed by atoms with Crippen LogP contribution in [-0.4, -0.2) is 32.2 Å². The SMILES string of the molecule is O=C(O)c1cnc(OCC(C2CCCCC2)n2c(-c3ccc(Cl)cc3)nc3cc(F)c(F)cc32)c(Br)c1. The second-order valence-electron chi connectivity index (χ2n) is 9.16. The summed E-state index contributed by atoms with van der Waals surface area (Å²) in [5.41, 5.74) is 1.60. The van der Waals surface area contributed by atoms with Crippen LogP contribution >= 0.6 is 27.5 Å². The molecular formula is C27H23BrClF2N3O3. The van der Waals surface area contributed by atoms with Crippen molar-refractivity contribution in [2.45, 2.75) is 38.1 Å². The van der Waals surface area contributed by atoms with E-state index < -0.39 is 17.6 Å². The lowest BCUT2D eigenvalue weighted by Crippen LogP contribution is -2.28. The van der Waals surface area contributed by atoms with Gasteiger partial charge < -0.3 is 14.4 Å². The maximum absolute atomic E-state index is 14.5. The summed E-state index contributed by atoms with van der Waals surface area (Å²) in [6, 6.07) is 10.6. The fourth-order valence-corrected chi connectivity index (χ4v) is 5.57. The summed E-state index contributed by atoms with van der Waals surface area (Å²) in [4.78, 5) is 20.2. The van der Waals surface area contributed by atoms with Gasteiger partial charge in [0, 0.05) is 28.9 Å². The number of carboxylic acids is 1. The molecule has 4 aromatic rings. The van der Waals surface area contributed by atoms with Crippen molar-refractivity contribution in [3.63, 3.8) is 0 Å². The molecular weight excluding hydrogens is 568 g/mol. The highest BCUT2D eigenvalue weighted by Gasteiger charge is 2.31. The Labute approximate surface area is 225 Å². The van der Waals surface area contributed by atoms with Gasteiger partial charge in [-0.2, -0.15) is 0 Å². The van der Waals surface area contributed by atoms with E-state index in [4.69, 9.17) is 21.3 Å². The first-order valence-corrected chi connectivity index (χ1v) is 13.1. The molecule has 0 saturated heterocycles. The number of rotatable bonds is 7. The van der Waals surface area contributed by atoms with Gasteiger partial charge in [0.2, 0.25) is 5.88 Å². The Hall–Kier alpha value is -3.04. The lowest BCUT2D eigenvalue weighted by molar-refractivity contribution is 0.0696. The number of fused-ring (bicyclic) bond motifs is 1. The van der Waals surface area contributed by atoms with Gasteiger partial charge in [-0.05, 0) is 65.0 Å². The number of aromatic carboxylic acids is 1. The molecule has 37 heavy (non-hydrogen) atoms. The Morgan fingerprint density at radius 1 is 1.14 bits per heavy atom. The topological polar surface area (TPSA) is 77.2 Å². The lowest BCUT2D eigenvalue weighted by atomic mass is 9.83. The van der Waals surface area contributed by atoms with E-state index in [9.17, 15) is 18.7 Å². The zero-order valence-corrected chi connectivity index (χ0v) is 22.0. The second-order valence-corrected chi connectivity index (χ2v) is 10.5. The molecule has 0 spiro atoms. The van der Waals surface area contributed by atoms with Gasteiger partial charge in [0.25, 0.3) is 0 Å². The van der Waals surface area contributed by atoms with Crippen LogP contribution in [0.15, 0.2) is 53.1 Å². The number of imidazole rings is 1. The molecule has 0 amide bonds. The molecule has 10 heteroatoms. The molecule has 1 aliphatic carbocycles. The number of benzene rings is 2. The summed E-state index contributed by atoms with van der Waals surface area (Å²) in [5, 5.41) is 9.80. The maximum Gasteiger partial charge on any atom is 0.337 e. The van der Waals surface area contributed by atoms with Crippen LogP contribution in [0.2, 0.25) is 5.02 Å². The van der Waals surface area contributed by atoms with Crippen molar-refractivity contribution in [1.29, 1.82) is 0 Å². The van der Waals surface area contributed by atoms with Gasteiger partial charge in [-0.15, -0.1) is 0 Å². The van der Waals surface area contributed by atoms with Crippen LogP contribution in [0.25, 0.3) is 22.4 Å². The molecule has 6 nitrogen and oxygen atoms in total. The van der Waals surface area contributed by atoms with Gasteiger partial charge in [-0.1, -0.05) is 30.9 Å². The van der Waals surface area contributed by atoms with Crippen LogP contribution in [0.3, 0.4) is 0 Å². The van der Waals surface area contributed by atoms with E-state index in [2.05, 4.69) is 20.9 Å². The van der Waals surface area contributed by atoms with E-state index in [1.165, 1.54) is 18.3 Å². The van der Waals surface area contributed by atoms with Crippen LogP contribution in [0.1, 0.15) is 48.5 Å². The third-order valence-electron chi connectivity index (χ3n) is 6.80. The van der Waals surface area contributed by atoms with Gasteiger partial charge >= 0.3 is 5.97 Å². The molecule has 2 aromatic heterocycles. The number of ether oxygens (including phenoxy) is 1. The Morgan fingerprint density at radius 2 is 1.84 bits per heavy atom. The van der Waals surface area contributed by atoms with Gasteiger partial charge in [-0.3, -0.25) is 0 Å². The summed E-state index contributed by atoms with van der Waals surface area (Å²) >= 11 is 9.46. The predicted molar refractivity (Wildman–Crippen MR) is 140 cm³/mol. The number of pyridine rings is 1. The van der Waals surface area contributed by atoms with Gasteiger partial charge in [0.05, 0.1) is 27.1 Å². The number of aromatic nitrogens is 3. The molecule has 1 fully saturated rings. The summed E-state index contributed by atoms with van der Waals surface area (Å²) in [6.45, 7) is 0.174. The Bertz CT molecular complexity index is 1460. The van der Waals surface area contributed by atoms with Crippen LogP contribution in [-0.2, 0) is 0 Å². The van der Waals surface area contributed by atoms with E-state index in [1.54, 1.807) is 12.1 Å². The summed E-state index contributed by atoms with van der Waals surface area (Å²) in [7, 11) is 0. The van der Waals surface area contributed by atoms with Crippen LogP contribution < -0.4 is 4.74 Å². The number of carboxylic acid groups (broad SMARTS) is 1. The van der Waals surface area contributed by atoms with Crippen LogP contribution in [0.4, 0.5) is 8.78 Å². The molecule has 1 aliphatic rings. The van der Waals surface area contributed by atoms with E-state index in [1.807, 2.05) is 16.7 Å². The normalized spacial score (nSPS) is 15.1.